The zero-order valence-electron chi connectivity index (χ0n) is 15.3. The van der Waals surface area contributed by atoms with E-state index in [4.69, 9.17) is 5.11 Å². The highest BCUT2D eigenvalue weighted by molar-refractivity contribution is 5.92. The van der Waals surface area contributed by atoms with Crippen LogP contribution < -0.4 is 0 Å². The second-order valence-corrected chi connectivity index (χ2v) is 8.66. The number of carbonyl (C=O) groups excluding carboxylic acids is 1. The minimum absolute atomic E-state index is 0.116. The number of aliphatic carboxylic acids is 1. The molecule has 0 radical (unpaired) electrons. The lowest BCUT2D eigenvalue weighted by atomic mass is 9.46. The van der Waals surface area contributed by atoms with Gasteiger partial charge in [0.15, 0.2) is 5.78 Å². The molecule has 0 bridgehead atoms. The number of carboxylic acids is 1. The third-order valence-electron chi connectivity index (χ3n) is 7.17. The number of hydrogen-bond donors (Lipinski definition) is 1. The summed E-state index contributed by atoms with van der Waals surface area (Å²) in [5, 5.41) is 8.98. The highest BCUT2D eigenvalue weighted by atomic mass is 16.4. The Morgan fingerprint density at radius 2 is 2.09 bits per heavy atom. The van der Waals surface area contributed by atoms with Crippen molar-refractivity contribution >= 4 is 11.8 Å². The van der Waals surface area contributed by atoms with Gasteiger partial charge in [-0.3, -0.25) is 9.59 Å². The fourth-order valence-corrected chi connectivity index (χ4v) is 5.07. The third kappa shape index (κ3) is 3.39. The average Bonchev–Trinajstić information content (AvgIpc) is 2.44. The van der Waals surface area contributed by atoms with Crippen molar-refractivity contribution in [3.63, 3.8) is 0 Å². The van der Waals surface area contributed by atoms with Crippen molar-refractivity contribution in [2.45, 2.75) is 73.1 Å². The zero-order chi connectivity index (χ0) is 17.4. The van der Waals surface area contributed by atoms with E-state index in [-0.39, 0.29) is 29.0 Å². The van der Waals surface area contributed by atoms with E-state index < -0.39 is 5.97 Å². The van der Waals surface area contributed by atoms with E-state index in [9.17, 15) is 9.59 Å². The normalized spacial score (nSPS) is 38.7. The molecule has 0 spiro atoms. The van der Waals surface area contributed by atoms with Crippen LogP contribution in [0, 0.1) is 28.6 Å². The van der Waals surface area contributed by atoms with Crippen molar-refractivity contribution in [2.75, 3.05) is 0 Å². The predicted molar refractivity (Wildman–Crippen MR) is 92.1 cm³/mol. The van der Waals surface area contributed by atoms with Crippen LogP contribution in [0.5, 0.6) is 0 Å². The number of allylic oxidation sites excluding steroid dienone is 2. The Hall–Kier alpha value is -1.12. The molecule has 3 nitrogen and oxygen atoms in total. The minimum Gasteiger partial charge on any atom is -0.481 e. The van der Waals surface area contributed by atoms with Gasteiger partial charge in [0, 0.05) is 12.8 Å². The van der Waals surface area contributed by atoms with Crippen molar-refractivity contribution < 1.29 is 14.7 Å². The molecule has 0 heterocycles. The lowest BCUT2D eigenvalue weighted by Crippen LogP contribution is -2.51. The number of ketones is 1. The molecule has 130 valence electrons. The Morgan fingerprint density at radius 1 is 1.43 bits per heavy atom. The molecule has 2 aliphatic carbocycles. The molecule has 0 aromatic carbocycles. The molecule has 2 aliphatic rings. The number of hydrogen-bond acceptors (Lipinski definition) is 2. The third-order valence-corrected chi connectivity index (χ3v) is 7.17. The van der Waals surface area contributed by atoms with Gasteiger partial charge in [0.2, 0.25) is 0 Å². The number of carboxylic acid groups (broad SMARTS) is 1. The maximum Gasteiger partial charge on any atom is 0.303 e. The summed E-state index contributed by atoms with van der Waals surface area (Å²) in [6.07, 6.45) is 7.05. The molecule has 23 heavy (non-hydrogen) atoms. The van der Waals surface area contributed by atoms with Crippen LogP contribution in [-0.4, -0.2) is 16.9 Å². The molecule has 3 heteroatoms. The quantitative estimate of drug-likeness (QED) is 0.787. The van der Waals surface area contributed by atoms with Crippen LogP contribution in [0.3, 0.4) is 0 Å². The molecule has 0 aromatic rings. The van der Waals surface area contributed by atoms with Gasteiger partial charge >= 0.3 is 5.97 Å². The van der Waals surface area contributed by atoms with E-state index in [2.05, 4.69) is 27.7 Å². The van der Waals surface area contributed by atoms with Gasteiger partial charge in [-0.1, -0.05) is 33.3 Å². The zero-order valence-corrected chi connectivity index (χ0v) is 15.3. The van der Waals surface area contributed by atoms with E-state index in [1.54, 1.807) is 0 Å². The summed E-state index contributed by atoms with van der Waals surface area (Å²) in [7, 11) is 0. The fraction of sp³-hybridized carbons (Fsp3) is 0.800. The lowest BCUT2D eigenvalue weighted by Gasteiger charge is -2.57. The molecule has 1 unspecified atom stereocenters. The van der Waals surface area contributed by atoms with E-state index >= 15 is 0 Å². The van der Waals surface area contributed by atoms with Gasteiger partial charge < -0.3 is 5.11 Å². The smallest absolute Gasteiger partial charge is 0.303 e. The second-order valence-electron chi connectivity index (χ2n) is 8.66. The van der Waals surface area contributed by atoms with Gasteiger partial charge in [0.05, 0.1) is 0 Å². The summed E-state index contributed by atoms with van der Waals surface area (Å²) in [6.45, 7) is 11.1. The number of carbonyl (C=O) groups is 2. The van der Waals surface area contributed by atoms with Crippen LogP contribution in [0.2, 0.25) is 0 Å². The molecule has 1 saturated carbocycles. The number of rotatable bonds is 5. The summed E-state index contributed by atoms with van der Waals surface area (Å²) in [5.41, 5.74) is 1.49. The Labute approximate surface area is 140 Å². The highest BCUT2D eigenvalue weighted by Gasteiger charge is 2.54. The van der Waals surface area contributed by atoms with Crippen molar-refractivity contribution in [3.8, 4) is 0 Å². The van der Waals surface area contributed by atoms with Crippen LogP contribution in [0.4, 0.5) is 0 Å². The van der Waals surface area contributed by atoms with Gasteiger partial charge in [-0.05, 0) is 67.3 Å². The molecule has 0 aromatic heterocycles. The molecule has 0 amide bonds. The van der Waals surface area contributed by atoms with Crippen LogP contribution in [0.15, 0.2) is 11.6 Å². The number of fused-ring (bicyclic) bond motifs is 1. The van der Waals surface area contributed by atoms with Gasteiger partial charge in [-0.15, -0.1) is 0 Å². The average molecular weight is 320 g/mol. The largest absolute Gasteiger partial charge is 0.481 e. The van der Waals surface area contributed by atoms with Gasteiger partial charge in [-0.25, -0.2) is 0 Å². The van der Waals surface area contributed by atoms with E-state index in [0.29, 0.717) is 18.3 Å². The maximum atomic E-state index is 12.2. The standard InChI is InChI=1S/C20H32O3/c1-13(10-18(22)23)6-8-19(4)14(2)7-9-20(5)15(3)11-16(21)12-17(19)20/h11,13-14,17H,6-10,12H2,1-5H3,(H,22,23)/t13?,14-,17-,19+,20+/m1/s1. The molecule has 1 fully saturated rings. The molecule has 0 saturated heterocycles. The van der Waals surface area contributed by atoms with Crippen molar-refractivity contribution in [2.24, 2.45) is 28.6 Å². The maximum absolute atomic E-state index is 12.2. The summed E-state index contributed by atoms with van der Waals surface area (Å²) in [6, 6.07) is 0. The van der Waals surface area contributed by atoms with Crippen molar-refractivity contribution in [1.82, 2.24) is 0 Å². The first kappa shape index (κ1) is 18.2. The first-order valence-corrected chi connectivity index (χ1v) is 9.03. The monoisotopic (exact) mass is 320 g/mol. The summed E-state index contributed by atoms with van der Waals surface area (Å²) in [4.78, 5) is 23.1. The summed E-state index contributed by atoms with van der Waals surface area (Å²) in [5.74, 6) is 0.713. The Morgan fingerprint density at radius 3 is 2.70 bits per heavy atom. The van der Waals surface area contributed by atoms with E-state index in [1.807, 2.05) is 13.0 Å². The van der Waals surface area contributed by atoms with Gasteiger partial charge in [0.1, 0.15) is 0 Å². The summed E-state index contributed by atoms with van der Waals surface area (Å²) >= 11 is 0. The predicted octanol–water partition coefficient (Wildman–Crippen LogP) is 4.86. The Balaban J connectivity index is 2.22. The first-order chi connectivity index (χ1) is 10.6. The van der Waals surface area contributed by atoms with Crippen LogP contribution in [0.25, 0.3) is 0 Å². The second kappa shape index (κ2) is 6.41. The molecule has 2 rings (SSSR count). The molecule has 1 N–H and O–H groups in total. The van der Waals surface area contributed by atoms with E-state index in [1.165, 1.54) is 12.0 Å². The summed E-state index contributed by atoms with van der Waals surface area (Å²) < 4.78 is 0. The molecular weight excluding hydrogens is 288 g/mol. The first-order valence-electron chi connectivity index (χ1n) is 9.03. The SMILES string of the molecule is CC1=CC(=O)C[C@@H]2[C@@](C)(CCC(C)CC(=O)O)[C@H](C)CC[C@@]12C. The minimum atomic E-state index is -0.712. The van der Waals surface area contributed by atoms with Crippen LogP contribution >= 0.6 is 0 Å². The molecular formula is C20H32O3. The Kier molecular flexibility index (Phi) is 5.08. The fourth-order valence-electron chi connectivity index (χ4n) is 5.07. The van der Waals surface area contributed by atoms with Gasteiger partial charge in [0.25, 0.3) is 0 Å². The van der Waals surface area contributed by atoms with E-state index in [0.717, 1.165) is 19.3 Å². The Bertz CT molecular complexity index is 521. The van der Waals surface area contributed by atoms with Crippen molar-refractivity contribution in [1.29, 1.82) is 0 Å². The van der Waals surface area contributed by atoms with Crippen molar-refractivity contribution in [3.05, 3.63) is 11.6 Å². The van der Waals surface area contributed by atoms with Crippen LogP contribution in [-0.2, 0) is 9.59 Å². The molecule has 5 atom stereocenters. The van der Waals surface area contributed by atoms with Crippen LogP contribution in [0.1, 0.15) is 73.1 Å². The van der Waals surface area contributed by atoms with Gasteiger partial charge in [-0.2, -0.15) is 0 Å². The lowest BCUT2D eigenvalue weighted by molar-refractivity contribution is -0.138. The molecule has 0 aliphatic heterocycles. The highest BCUT2D eigenvalue weighted by Crippen LogP contribution is 2.61. The topological polar surface area (TPSA) is 54.4 Å².